The van der Waals surface area contributed by atoms with E-state index in [9.17, 15) is 4.79 Å². The molecule has 0 atom stereocenters. The van der Waals surface area contributed by atoms with Crippen LogP contribution in [0.3, 0.4) is 0 Å². The lowest BCUT2D eigenvalue weighted by atomic mass is 9.92. The Morgan fingerprint density at radius 1 is 1.38 bits per heavy atom. The van der Waals surface area contributed by atoms with Gasteiger partial charge in [0.25, 0.3) is 5.91 Å². The number of ether oxygens (including phenoxy) is 1. The van der Waals surface area contributed by atoms with Crippen LogP contribution in [0.25, 0.3) is 0 Å². The first-order valence-corrected chi connectivity index (χ1v) is 7.23. The van der Waals surface area contributed by atoms with Gasteiger partial charge in [-0.2, -0.15) is 0 Å². The lowest BCUT2D eigenvalue weighted by molar-refractivity contribution is 0.0423. The Hall–Kier alpha value is -1.83. The fourth-order valence-corrected chi connectivity index (χ4v) is 2.43. The van der Waals surface area contributed by atoms with E-state index in [1.807, 2.05) is 25.1 Å². The van der Waals surface area contributed by atoms with Crippen molar-refractivity contribution in [2.75, 3.05) is 19.8 Å². The van der Waals surface area contributed by atoms with Gasteiger partial charge in [0.1, 0.15) is 0 Å². The van der Waals surface area contributed by atoms with E-state index in [1.54, 1.807) is 0 Å². The molecule has 4 heteroatoms. The van der Waals surface area contributed by atoms with Crippen LogP contribution in [0.4, 0.5) is 0 Å². The third-order valence-corrected chi connectivity index (χ3v) is 3.69. The Labute approximate surface area is 126 Å². The van der Waals surface area contributed by atoms with E-state index < -0.39 is 0 Å². The van der Waals surface area contributed by atoms with E-state index >= 15 is 0 Å². The molecule has 1 aliphatic heterocycles. The molecule has 0 bridgehead atoms. The molecule has 1 amide bonds. The summed E-state index contributed by atoms with van der Waals surface area (Å²) >= 11 is 0. The average Bonchev–Trinajstić information content (AvgIpc) is 2.45. The number of benzene rings is 1. The molecule has 1 saturated heterocycles. The van der Waals surface area contributed by atoms with Crippen molar-refractivity contribution in [2.24, 2.45) is 5.73 Å². The number of amides is 1. The average molecular weight is 286 g/mol. The topological polar surface area (TPSA) is 64.4 Å². The first kappa shape index (κ1) is 15.6. The van der Waals surface area contributed by atoms with Crippen LogP contribution >= 0.6 is 0 Å². The maximum Gasteiger partial charge on any atom is 0.251 e. The quantitative estimate of drug-likeness (QED) is 0.812. The molecule has 0 unspecified atom stereocenters. The van der Waals surface area contributed by atoms with E-state index in [1.165, 1.54) is 0 Å². The monoisotopic (exact) mass is 286 g/mol. The molecule has 4 nitrogen and oxygen atoms in total. The van der Waals surface area contributed by atoms with Crippen LogP contribution in [-0.2, 0) is 4.74 Å². The maximum absolute atomic E-state index is 12.5. The second-order valence-corrected chi connectivity index (χ2v) is 5.72. The van der Waals surface area contributed by atoms with Gasteiger partial charge in [0.2, 0.25) is 0 Å². The minimum atomic E-state index is -0.192. The molecule has 1 aromatic carbocycles. The number of hydrogen-bond donors (Lipinski definition) is 2. The van der Waals surface area contributed by atoms with Gasteiger partial charge in [-0.05, 0) is 50.5 Å². The summed E-state index contributed by atoms with van der Waals surface area (Å²) in [5, 5.41) is 3.13. The molecule has 21 heavy (non-hydrogen) atoms. The van der Waals surface area contributed by atoms with Crippen LogP contribution in [0.5, 0.6) is 0 Å². The fourth-order valence-electron chi connectivity index (χ4n) is 2.43. The van der Waals surface area contributed by atoms with Gasteiger partial charge in [0, 0.05) is 29.9 Å². The zero-order chi connectivity index (χ0) is 15.3. The highest BCUT2D eigenvalue weighted by Crippen LogP contribution is 2.20. The van der Waals surface area contributed by atoms with Gasteiger partial charge in [-0.3, -0.25) is 4.79 Å². The Kier molecular flexibility index (Phi) is 5.00. The maximum atomic E-state index is 12.5. The molecule has 1 aliphatic rings. The van der Waals surface area contributed by atoms with Gasteiger partial charge in [0.05, 0.1) is 6.54 Å². The number of nitrogens with one attached hydrogen (secondary N) is 1. The SMILES string of the molecule is Cc1cc(C#CCN)cc(C(=O)NC2(C)CCOCC2)c1. The third kappa shape index (κ3) is 4.32. The van der Waals surface area contributed by atoms with Crippen LogP contribution < -0.4 is 11.1 Å². The third-order valence-electron chi connectivity index (χ3n) is 3.69. The van der Waals surface area contributed by atoms with Gasteiger partial charge in [-0.25, -0.2) is 0 Å². The minimum Gasteiger partial charge on any atom is -0.381 e. The molecule has 3 N–H and O–H groups in total. The van der Waals surface area contributed by atoms with E-state index in [0.717, 1.165) is 24.0 Å². The van der Waals surface area contributed by atoms with Crippen LogP contribution in [0.15, 0.2) is 18.2 Å². The summed E-state index contributed by atoms with van der Waals surface area (Å²) in [5.41, 5.74) is 7.68. The van der Waals surface area contributed by atoms with Crippen molar-refractivity contribution >= 4 is 5.91 Å². The van der Waals surface area contributed by atoms with Crippen molar-refractivity contribution in [3.05, 3.63) is 34.9 Å². The molecule has 0 aliphatic carbocycles. The lowest BCUT2D eigenvalue weighted by Crippen LogP contribution is -2.49. The molecule has 112 valence electrons. The highest BCUT2D eigenvalue weighted by atomic mass is 16.5. The van der Waals surface area contributed by atoms with Crippen LogP contribution in [0, 0.1) is 18.8 Å². The van der Waals surface area contributed by atoms with Crippen molar-refractivity contribution in [3.63, 3.8) is 0 Å². The lowest BCUT2D eigenvalue weighted by Gasteiger charge is -2.34. The number of nitrogens with two attached hydrogens (primary N) is 1. The molecule has 0 aromatic heterocycles. The molecule has 0 saturated carbocycles. The van der Waals surface area contributed by atoms with Crippen LogP contribution in [0.1, 0.15) is 41.3 Å². The smallest absolute Gasteiger partial charge is 0.251 e. The number of carbonyl (C=O) groups excluding carboxylic acids is 1. The van der Waals surface area contributed by atoms with Crippen molar-refractivity contribution in [1.29, 1.82) is 0 Å². The minimum absolute atomic E-state index is 0.0566. The summed E-state index contributed by atoms with van der Waals surface area (Å²) in [6.07, 6.45) is 1.68. The van der Waals surface area contributed by atoms with Crippen molar-refractivity contribution < 1.29 is 9.53 Å². The molecule has 0 radical (unpaired) electrons. The summed E-state index contributed by atoms with van der Waals surface area (Å²) in [7, 11) is 0. The predicted octanol–water partition coefficient (Wildman–Crippen LogP) is 1.60. The molecule has 0 spiro atoms. The molecule has 1 fully saturated rings. The van der Waals surface area contributed by atoms with Crippen LogP contribution in [-0.4, -0.2) is 31.2 Å². The standard InChI is InChI=1S/C17H22N2O2/c1-13-10-14(4-3-7-18)12-15(11-13)16(20)19-17(2)5-8-21-9-6-17/h10-12H,5-9,18H2,1-2H3,(H,19,20). The van der Waals surface area contributed by atoms with E-state index in [-0.39, 0.29) is 11.4 Å². The number of hydrogen-bond acceptors (Lipinski definition) is 3. The van der Waals surface area contributed by atoms with Crippen molar-refractivity contribution in [3.8, 4) is 11.8 Å². The number of aryl methyl sites for hydroxylation is 1. The molecule has 2 rings (SSSR count). The Bertz CT molecular complexity index is 578. The summed E-state index contributed by atoms with van der Waals surface area (Å²) in [4.78, 5) is 12.5. The zero-order valence-electron chi connectivity index (χ0n) is 12.7. The molecular formula is C17H22N2O2. The van der Waals surface area contributed by atoms with Crippen LogP contribution in [0.2, 0.25) is 0 Å². The van der Waals surface area contributed by atoms with Crippen molar-refractivity contribution in [2.45, 2.75) is 32.2 Å². The Morgan fingerprint density at radius 3 is 2.76 bits per heavy atom. The fraction of sp³-hybridized carbons (Fsp3) is 0.471. The Morgan fingerprint density at radius 2 is 2.10 bits per heavy atom. The predicted molar refractivity (Wildman–Crippen MR) is 83.0 cm³/mol. The summed E-state index contributed by atoms with van der Waals surface area (Å²) < 4.78 is 5.35. The largest absolute Gasteiger partial charge is 0.381 e. The normalized spacial score (nSPS) is 16.7. The first-order valence-electron chi connectivity index (χ1n) is 7.23. The van der Waals surface area contributed by atoms with Crippen molar-refractivity contribution in [1.82, 2.24) is 5.32 Å². The van der Waals surface area contributed by atoms with Gasteiger partial charge in [0.15, 0.2) is 0 Å². The van der Waals surface area contributed by atoms with Gasteiger partial charge >= 0.3 is 0 Å². The summed E-state index contributed by atoms with van der Waals surface area (Å²) in [5.74, 6) is 5.74. The highest BCUT2D eigenvalue weighted by molar-refractivity contribution is 5.95. The molecule has 1 heterocycles. The second kappa shape index (κ2) is 6.75. The van der Waals surface area contributed by atoms with E-state index in [0.29, 0.717) is 25.3 Å². The van der Waals surface area contributed by atoms with Gasteiger partial charge < -0.3 is 15.8 Å². The van der Waals surface area contributed by atoms with Gasteiger partial charge in [-0.15, -0.1) is 0 Å². The van der Waals surface area contributed by atoms with E-state index in [4.69, 9.17) is 10.5 Å². The molecule has 1 aromatic rings. The Balaban J connectivity index is 2.16. The highest BCUT2D eigenvalue weighted by Gasteiger charge is 2.29. The molecular weight excluding hydrogens is 264 g/mol. The zero-order valence-corrected chi connectivity index (χ0v) is 12.7. The van der Waals surface area contributed by atoms with E-state index in [2.05, 4.69) is 24.1 Å². The van der Waals surface area contributed by atoms with Gasteiger partial charge in [-0.1, -0.05) is 11.8 Å². The second-order valence-electron chi connectivity index (χ2n) is 5.72. The summed E-state index contributed by atoms with van der Waals surface area (Å²) in [6, 6.07) is 5.65. The summed E-state index contributed by atoms with van der Waals surface area (Å²) in [6.45, 7) is 5.72. The number of carbonyl (C=O) groups is 1. The first-order chi connectivity index (χ1) is 10.0. The number of rotatable bonds is 2.